The Morgan fingerprint density at radius 3 is 2.68 bits per heavy atom. The summed E-state index contributed by atoms with van der Waals surface area (Å²) in [6.07, 6.45) is 18.9. The fraction of sp³-hybridized carbons (Fsp3) is 0.562. The van der Waals surface area contributed by atoms with Crippen molar-refractivity contribution in [3.63, 3.8) is 0 Å². The lowest BCUT2D eigenvalue weighted by Gasteiger charge is -2.44. The fourth-order valence-electron chi connectivity index (χ4n) is 5.17. The van der Waals surface area contributed by atoms with Crippen LogP contribution in [0.1, 0.15) is 89.5 Å². The van der Waals surface area contributed by atoms with Crippen LogP contribution in [0.4, 0.5) is 0 Å². The molecule has 0 spiro atoms. The Balaban J connectivity index is 1.49. The quantitative estimate of drug-likeness (QED) is 0.112. The van der Waals surface area contributed by atoms with Gasteiger partial charge in [-0.1, -0.05) is 79.3 Å². The zero-order valence-corrected chi connectivity index (χ0v) is 22.6. The maximum absolute atomic E-state index is 11.2. The number of aliphatic hydroxyl groups is 1. The number of rotatable bonds is 12. The Morgan fingerprint density at radius 2 is 1.95 bits per heavy atom. The third-order valence-electron chi connectivity index (χ3n) is 7.89. The second kappa shape index (κ2) is 14.8. The molecule has 0 saturated heterocycles. The maximum atomic E-state index is 11.2. The molecule has 0 radical (unpaired) electrons. The molecule has 1 aromatic rings. The summed E-state index contributed by atoms with van der Waals surface area (Å²) in [7, 11) is 1.41. The monoisotopic (exact) mass is 505 g/mol. The van der Waals surface area contributed by atoms with Crippen LogP contribution in [0.5, 0.6) is 0 Å². The van der Waals surface area contributed by atoms with Gasteiger partial charge in [-0.3, -0.25) is 4.79 Å². The highest BCUT2D eigenvalue weighted by molar-refractivity contribution is 5.91. The maximum Gasteiger partial charge on any atom is 0.305 e. The van der Waals surface area contributed by atoms with Gasteiger partial charge in [0.2, 0.25) is 0 Å². The summed E-state index contributed by atoms with van der Waals surface area (Å²) in [6.45, 7) is 2.72. The van der Waals surface area contributed by atoms with Gasteiger partial charge in [0.1, 0.15) is 6.61 Å². The van der Waals surface area contributed by atoms with Gasteiger partial charge in [0.15, 0.2) is 0 Å². The Kier molecular flexibility index (Phi) is 11.5. The SMILES string of the molecule is COC(=O)CCCCO/N=C1\CCCC[C@@]1(C)/C=C/C=C/[C@H](O)C1(CCC#Cc2ccccc2)CCC1. The Labute approximate surface area is 223 Å². The molecule has 0 heterocycles. The summed E-state index contributed by atoms with van der Waals surface area (Å²) in [6, 6.07) is 10.1. The van der Waals surface area contributed by atoms with Crippen LogP contribution >= 0.6 is 0 Å². The molecule has 5 nitrogen and oxygen atoms in total. The van der Waals surface area contributed by atoms with E-state index in [9.17, 15) is 9.90 Å². The summed E-state index contributed by atoms with van der Waals surface area (Å²) in [5, 5.41) is 15.5. The number of allylic oxidation sites excluding steroid dienone is 3. The first-order chi connectivity index (χ1) is 18.0. The van der Waals surface area contributed by atoms with E-state index in [0.717, 1.165) is 69.1 Å². The second-order valence-electron chi connectivity index (χ2n) is 10.6. The van der Waals surface area contributed by atoms with Crippen molar-refractivity contribution >= 4 is 11.7 Å². The van der Waals surface area contributed by atoms with Gasteiger partial charge in [-0.2, -0.15) is 0 Å². The summed E-state index contributed by atoms with van der Waals surface area (Å²) >= 11 is 0. The van der Waals surface area contributed by atoms with Crippen LogP contribution in [0.2, 0.25) is 0 Å². The van der Waals surface area contributed by atoms with E-state index in [4.69, 9.17) is 4.84 Å². The van der Waals surface area contributed by atoms with Crippen LogP contribution in [-0.2, 0) is 14.4 Å². The van der Waals surface area contributed by atoms with E-state index in [2.05, 4.69) is 40.8 Å². The van der Waals surface area contributed by atoms with Crippen molar-refractivity contribution in [2.45, 2.75) is 90.1 Å². The molecular weight excluding hydrogens is 462 g/mol. The minimum Gasteiger partial charge on any atom is -0.469 e. The van der Waals surface area contributed by atoms with Crippen molar-refractivity contribution in [2.24, 2.45) is 16.0 Å². The smallest absolute Gasteiger partial charge is 0.305 e. The molecule has 2 atom stereocenters. The summed E-state index contributed by atoms with van der Waals surface area (Å²) in [5.74, 6) is 6.34. The van der Waals surface area contributed by atoms with E-state index in [-0.39, 0.29) is 16.8 Å². The molecule has 1 N–H and O–H groups in total. The van der Waals surface area contributed by atoms with Gasteiger partial charge in [-0.15, -0.1) is 0 Å². The third-order valence-corrected chi connectivity index (χ3v) is 7.89. The number of oxime groups is 1. The summed E-state index contributed by atoms with van der Waals surface area (Å²) in [5.41, 5.74) is 1.93. The van der Waals surface area contributed by atoms with E-state index >= 15 is 0 Å². The minimum atomic E-state index is -0.454. The van der Waals surface area contributed by atoms with E-state index in [1.807, 2.05) is 42.5 Å². The highest BCUT2D eigenvalue weighted by Crippen LogP contribution is 2.48. The molecule has 0 aliphatic heterocycles. The van der Waals surface area contributed by atoms with Crippen molar-refractivity contribution in [1.82, 2.24) is 0 Å². The molecule has 0 amide bonds. The van der Waals surface area contributed by atoms with Gasteiger partial charge in [0, 0.05) is 29.2 Å². The van der Waals surface area contributed by atoms with Gasteiger partial charge in [0.05, 0.1) is 18.9 Å². The molecule has 2 aliphatic rings. The standard InChI is InChI=1S/C32H43NO4/c1-31(21-10-7-18-28(31)33-37-26-13-9-20-30(35)36-2)22-11-8-19-29(34)32(24-14-25-32)23-12-6-17-27-15-4-3-5-16-27/h3-5,8,11,15-16,19,22,29,34H,7,9-10,12-14,18,20-21,23-26H2,1-2H3/b19-8+,22-11+,33-28+/t29-,31-/m0/s1. The average Bonchev–Trinajstić information content (AvgIpc) is 2.89. The van der Waals surface area contributed by atoms with Crippen molar-refractivity contribution in [3.8, 4) is 11.8 Å². The van der Waals surface area contributed by atoms with E-state index < -0.39 is 6.10 Å². The number of nitrogens with zero attached hydrogens (tertiary/aromatic N) is 1. The number of benzene rings is 1. The Morgan fingerprint density at radius 1 is 1.14 bits per heavy atom. The van der Waals surface area contributed by atoms with E-state index in [1.165, 1.54) is 20.0 Å². The van der Waals surface area contributed by atoms with Crippen molar-refractivity contribution in [2.75, 3.05) is 13.7 Å². The molecule has 2 saturated carbocycles. The van der Waals surface area contributed by atoms with Crippen LogP contribution in [0.15, 0.2) is 59.8 Å². The zero-order chi connectivity index (χ0) is 26.4. The van der Waals surface area contributed by atoms with Crippen molar-refractivity contribution in [3.05, 3.63) is 60.2 Å². The first kappa shape index (κ1) is 28.7. The molecule has 2 fully saturated rings. The molecular formula is C32H43NO4. The van der Waals surface area contributed by atoms with Gasteiger partial charge in [0.25, 0.3) is 0 Å². The van der Waals surface area contributed by atoms with Gasteiger partial charge in [-0.05, 0) is 63.5 Å². The highest BCUT2D eigenvalue weighted by atomic mass is 16.6. The molecule has 200 valence electrons. The molecule has 2 aliphatic carbocycles. The minimum absolute atomic E-state index is 0.0429. The number of methoxy groups -OCH3 is 1. The third kappa shape index (κ3) is 8.90. The predicted molar refractivity (Wildman–Crippen MR) is 149 cm³/mol. The number of aliphatic hydroxyl groups excluding tert-OH is 1. The molecule has 0 bridgehead atoms. The number of carbonyl (C=O) groups is 1. The zero-order valence-electron chi connectivity index (χ0n) is 22.6. The summed E-state index contributed by atoms with van der Waals surface area (Å²) in [4.78, 5) is 16.8. The largest absolute Gasteiger partial charge is 0.469 e. The van der Waals surface area contributed by atoms with E-state index in [0.29, 0.717) is 13.0 Å². The first-order valence-corrected chi connectivity index (χ1v) is 13.8. The summed E-state index contributed by atoms with van der Waals surface area (Å²) < 4.78 is 4.66. The van der Waals surface area contributed by atoms with Gasteiger partial charge < -0.3 is 14.7 Å². The fourth-order valence-corrected chi connectivity index (χ4v) is 5.17. The Bertz CT molecular complexity index is 997. The number of ether oxygens (including phenoxy) is 1. The number of unbranched alkanes of at least 4 members (excludes halogenated alkanes) is 1. The van der Waals surface area contributed by atoms with Crippen LogP contribution < -0.4 is 0 Å². The predicted octanol–water partition coefficient (Wildman–Crippen LogP) is 6.76. The van der Waals surface area contributed by atoms with Crippen LogP contribution in [0.25, 0.3) is 0 Å². The number of hydrogen-bond acceptors (Lipinski definition) is 5. The Hall–Kier alpha value is -2.84. The topological polar surface area (TPSA) is 68.1 Å². The second-order valence-corrected chi connectivity index (χ2v) is 10.6. The lowest BCUT2D eigenvalue weighted by molar-refractivity contribution is -0.140. The normalized spacial score (nSPS) is 22.8. The molecule has 5 heteroatoms. The van der Waals surface area contributed by atoms with Crippen LogP contribution in [-0.4, -0.2) is 36.6 Å². The van der Waals surface area contributed by atoms with Crippen LogP contribution in [0.3, 0.4) is 0 Å². The molecule has 3 rings (SSSR count). The molecule has 0 unspecified atom stereocenters. The molecule has 1 aromatic carbocycles. The van der Waals surface area contributed by atoms with E-state index in [1.54, 1.807) is 0 Å². The highest BCUT2D eigenvalue weighted by Gasteiger charge is 2.41. The molecule has 0 aromatic heterocycles. The average molecular weight is 506 g/mol. The van der Waals surface area contributed by atoms with Crippen molar-refractivity contribution in [1.29, 1.82) is 0 Å². The number of esters is 1. The lowest BCUT2D eigenvalue weighted by atomic mass is 9.62. The number of hydrogen-bond donors (Lipinski definition) is 1. The van der Waals surface area contributed by atoms with Gasteiger partial charge in [-0.25, -0.2) is 0 Å². The lowest BCUT2D eigenvalue weighted by Crippen LogP contribution is -2.40. The number of carbonyl (C=O) groups excluding carboxylic acids is 1. The van der Waals surface area contributed by atoms with Gasteiger partial charge >= 0.3 is 5.97 Å². The van der Waals surface area contributed by atoms with Crippen molar-refractivity contribution < 1.29 is 19.5 Å². The van der Waals surface area contributed by atoms with Crippen LogP contribution in [0, 0.1) is 22.7 Å². The first-order valence-electron chi connectivity index (χ1n) is 13.8. The molecule has 37 heavy (non-hydrogen) atoms.